The molecule has 8 nitrogen and oxygen atoms in total. The summed E-state index contributed by atoms with van der Waals surface area (Å²) in [4.78, 5) is 36.8. The van der Waals surface area contributed by atoms with Crippen LogP contribution in [-0.4, -0.2) is 60.5 Å². The molecule has 2 amide bonds. The van der Waals surface area contributed by atoms with Crippen molar-refractivity contribution in [2.75, 3.05) is 19.6 Å². The molecule has 0 spiro atoms. The summed E-state index contributed by atoms with van der Waals surface area (Å²) in [7, 11) is 0. The van der Waals surface area contributed by atoms with E-state index in [1.165, 1.54) is 6.92 Å². The molecule has 1 heterocycles. The minimum Gasteiger partial charge on any atom is -0.391 e. The number of carbonyl (C=O) groups excluding carboxylic acids is 3. The average Bonchev–Trinajstić information content (AvgIpc) is 3.05. The number of aliphatic hydroxyl groups is 1. The molecule has 0 unspecified atom stereocenters. The van der Waals surface area contributed by atoms with Crippen LogP contribution in [0.15, 0.2) is 0 Å². The van der Waals surface area contributed by atoms with Crippen molar-refractivity contribution in [1.82, 2.24) is 16.0 Å². The summed E-state index contributed by atoms with van der Waals surface area (Å²) in [5.41, 5.74) is 5.51. The molecular formula is C16H30N4O4. The molecule has 4 atom stereocenters. The van der Waals surface area contributed by atoms with Crippen LogP contribution in [-0.2, 0) is 14.4 Å². The number of amides is 2. The summed E-state index contributed by atoms with van der Waals surface area (Å²) in [5.74, 6) is -1.42. The fourth-order valence-corrected chi connectivity index (χ4v) is 2.67. The lowest BCUT2D eigenvalue weighted by atomic mass is 9.98. The number of carbonyl (C=O) groups is 3. The summed E-state index contributed by atoms with van der Waals surface area (Å²) in [6.07, 6.45) is -0.0619. The van der Waals surface area contributed by atoms with Gasteiger partial charge in [-0.25, -0.2) is 0 Å². The SMILES string of the molecule is CC(C)C(=O)[C@H](CCN)NC(=O)[C@@H](NC(=O)[C@H]1CCNC1)[C@H](C)O. The van der Waals surface area contributed by atoms with Gasteiger partial charge >= 0.3 is 0 Å². The fraction of sp³-hybridized carbons (Fsp3) is 0.812. The molecular weight excluding hydrogens is 312 g/mol. The summed E-state index contributed by atoms with van der Waals surface area (Å²) in [5, 5.41) is 18.2. The standard InChI is InChI=1S/C16H30N4O4/c1-9(2)14(22)12(4-6-17)19-16(24)13(10(3)21)20-15(23)11-5-7-18-8-11/h9-13,18,21H,4-8,17H2,1-3H3,(H,19,24)(H,20,23)/t10-,11-,12-,13-/m0/s1. The van der Waals surface area contributed by atoms with E-state index in [0.29, 0.717) is 19.4 Å². The zero-order valence-electron chi connectivity index (χ0n) is 14.7. The molecule has 138 valence electrons. The Bertz CT molecular complexity index is 447. The Morgan fingerprint density at radius 2 is 1.92 bits per heavy atom. The highest BCUT2D eigenvalue weighted by atomic mass is 16.3. The van der Waals surface area contributed by atoms with Crippen LogP contribution in [0.4, 0.5) is 0 Å². The van der Waals surface area contributed by atoms with Gasteiger partial charge in [-0.2, -0.15) is 0 Å². The van der Waals surface area contributed by atoms with Gasteiger partial charge in [0.25, 0.3) is 0 Å². The maximum absolute atomic E-state index is 12.5. The summed E-state index contributed by atoms with van der Waals surface area (Å²) >= 11 is 0. The predicted molar refractivity (Wildman–Crippen MR) is 90.0 cm³/mol. The van der Waals surface area contributed by atoms with E-state index in [9.17, 15) is 19.5 Å². The van der Waals surface area contributed by atoms with Gasteiger partial charge in [0.2, 0.25) is 11.8 Å². The van der Waals surface area contributed by atoms with Crippen molar-refractivity contribution in [3.63, 3.8) is 0 Å². The molecule has 0 saturated carbocycles. The van der Waals surface area contributed by atoms with Crippen LogP contribution in [0, 0.1) is 11.8 Å². The first-order valence-electron chi connectivity index (χ1n) is 8.51. The number of nitrogens with one attached hydrogen (secondary N) is 3. The van der Waals surface area contributed by atoms with Crippen LogP contribution >= 0.6 is 0 Å². The van der Waals surface area contributed by atoms with Gasteiger partial charge in [0.05, 0.1) is 18.1 Å². The molecule has 1 aliphatic rings. The molecule has 0 aliphatic carbocycles. The van der Waals surface area contributed by atoms with Crippen molar-refractivity contribution >= 4 is 17.6 Å². The van der Waals surface area contributed by atoms with E-state index in [0.717, 1.165) is 6.54 Å². The van der Waals surface area contributed by atoms with E-state index in [-0.39, 0.29) is 30.1 Å². The molecule has 1 aliphatic heterocycles. The third-order valence-electron chi connectivity index (χ3n) is 4.18. The highest BCUT2D eigenvalue weighted by Crippen LogP contribution is 2.09. The van der Waals surface area contributed by atoms with E-state index >= 15 is 0 Å². The first-order valence-corrected chi connectivity index (χ1v) is 8.51. The Balaban J connectivity index is 2.73. The lowest BCUT2D eigenvalue weighted by molar-refractivity contribution is -0.135. The molecule has 0 bridgehead atoms. The minimum absolute atomic E-state index is 0.121. The molecule has 1 rings (SSSR count). The Kier molecular flexibility index (Phi) is 8.30. The third-order valence-corrected chi connectivity index (χ3v) is 4.18. The van der Waals surface area contributed by atoms with Crippen molar-refractivity contribution in [2.45, 2.75) is 51.8 Å². The van der Waals surface area contributed by atoms with Crippen molar-refractivity contribution in [1.29, 1.82) is 0 Å². The van der Waals surface area contributed by atoms with E-state index in [1.54, 1.807) is 13.8 Å². The number of nitrogens with two attached hydrogens (primary N) is 1. The molecule has 0 aromatic rings. The van der Waals surface area contributed by atoms with Crippen molar-refractivity contribution in [3.05, 3.63) is 0 Å². The average molecular weight is 342 g/mol. The summed E-state index contributed by atoms with van der Waals surface area (Å²) < 4.78 is 0. The second-order valence-electron chi connectivity index (χ2n) is 6.61. The number of aliphatic hydroxyl groups excluding tert-OH is 1. The third kappa shape index (κ3) is 5.85. The van der Waals surface area contributed by atoms with Gasteiger partial charge < -0.3 is 26.8 Å². The smallest absolute Gasteiger partial charge is 0.245 e. The van der Waals surface area contributed by atoms with Crippen molar-refractivity contribution in [2.24, 2.45) is 17.6 Å². The molecule has 8 heteroatoms. The van der Waals surface area contributed by atoms with Crippen LogP contribution in [0.5, 0.6) is 0 Å². The van der Waals surface area contributed by atoms with Gasteiger partial charge in [0.1, 0.15) is 6.04 Å². The second-order valence-corrected chi connectivity index (χ2v) is 6.61. The quantitative estimate of drug-likeness (QED) is 0.347. The zero-order valence-corrected chi connectivity index (χ0v) is 14.7. The number of hydrogen-bond acceptors (Lipinski definition) is 6. The maximum atomic E-state index is 12.5. The van der Waals surface area contributed by atoms with E-state index in [1.807, 2.05) is 0 Å². The Labute approximate surface area is 142 Å². The van der Waals surface area contributed by atoms with Crippen LogP contribution in [0.2, 0.25) is 0 Å². The van der Waals surface area contributed by atoms with Crippen LogP contribution in [0.25, 0.3) is 0 Å². The number of Topliss-reactive ketones (excluding diaryl/α,β-unsaturated/α-hetero) is 1. The molecule has 0 aromatic carbocycles. The summed E-state index contributed by atoms with van der Waals surface area (Å²) in [6, 6.07) is -1.81. The van der Waals surface area contributed by atoms with Gasteiger partial charge in [-0.3, -0.25) is 14.4 Å². The largest absolute Gasteiger partial charge is 0.391 e. The lowest BCUT2D eigenvalue weighted by Crippen LogP contribution is -2.57. The molecule has 0 radical (unpaired) electrons. The molecule has 6 N–H and O–H groups in total. The van der Waals surface area contributed by atoms with Crippen LogP contribution < -0.4 is 21.7 Å². The number of hydrogen-bond donors (Lipinski definition) is 5. The van der Waals surface area contributed by atoms with Crippen molar-refractivity contribution in [3.8, 4) is 0 Å². The monoisotopic (exact) mass is 342 g/mol. The molecule has 1 saturated heterocycles. The minimum atomic E-state index is -1.10. The molecule has 24 heavy (non-hydrogen) atoms. The number of rotatable bonds is 9. The second kappa shape index (κ2) is 9.71. The zero-order chi connectivity index (χ0) is 18.3. The van der Waals surface area contributed by atoms with E-state index in [4.69, 9.17) is 5.73 Å². The highest BCUT2D eigenvalue weighted by Gasteiger charge is 2.32. The van der Waals surface area contributed by atoms with Gasteiger partial charge in [0, 0.05) is 12.5 Å². The maximum Gasteiger partial charge on any atom is 0.245 e. The topological polar surface area (TPSA) is 134 Å². The number of ketones is 1. The van der Waals surface area contributed by atoms with Crippen molar-refractivity contribution < 1.29 is 19.5 Å². The normalized spacial score (nSPS) is 21.2. The first kappa shape index (κ1) is 20.5. The van der Waals surface area contributed by atoms with Gasteiger partial charge in [-0.05, 0) is 32.9 Å². The fourth-order valence-electron chi connectivity index (χ4n) is 2.67. The predicted octanol–water partition coefficient (Wildman–Crippen LogP) is -1.48. The highest BCUT2D eigenvalue weighted by molar-refractivity contribution is 5.94. The Morgan fingerprint density at radius 3 is 2.38 bits per heavy atom. The first-order chi connectivity index (χ1) is 11.3. The Morgan fingerprint density at radius 1 is 1.25 bits per heavy atom. The molecule has 0 aromatic heterocycles. The van der Waals surface area contributed by atoms with Crippen LogP contribution in [0.1, 0.15) is 33.6 Å². The molecule has 1 fully saturated rings. The van der Waals surface area contributed by atoms with Gasteiger partial charge in [-0.1, -0.05) is 13.8 Å². The van der Waals surface area contributed by atoms with Gasteiger partial charge in [-0.15, -0.1) is 0 Å². The van der Waals surface area contributed by atoms with E-state index in [2.05, 4.69) is 16.0 Å². The summed E-state index contributed by atoms with van der Waals surface area (Å²) in [6.45, 7) is 6.49. The van der Waals surface area contributed by atoms with Crippen LogP contribution in [0.3, 0.4) is 0 Å². The lowest BCUT2D eigenvalue weighted by Gasteiger charge is -2.26. The Hall–Kier alpha value is -1.51. The van der Waals surface area contributed by atoms with Gasteiger partial charge in [0.15, 0.2) is 5.78 Å². The van der Waals surface area contributed by atoms with E-state index < -0.39 is 24.1 Å².